The summed E-state index contributed by atoms with van der Waals surface area (Å²) in [7, 11) is 0. The van der Waals surface area contributed by atoms with E-state index in [1.807, 2.05) is 0 Å². The molecule has 0 saturated heterocycles. The predicted octanol–water partition coefficient (Wildman–Crippen LogP) is 1.48. The van der Waals surface area contributed by atoms with E-state index in [0.29, 0.717) is 11.8 Å². The number of halogens is 2. The Kier molecular flexibility index (Phi) is 11.0. The number of aryl methyl sites for hydroxylation is 1. The molecule has 2 aromatic carbocycles. The number of hydrogen-bond donors (Lipinski definition) is 0. The van der Waals surface area contributed by atoms with Crippen LogP contribution in [0.3, 0.4) is 0 Å². The van der Waals surface area contributed by atoms with Crippen LogP contribution in [0.25, 0.3) is 0 Å². The van der Waals surface area contributed by atoms with Gasteiger partial charge in [0.15, 0.2) is 0 Å². The number of benzene rings is 1. The van der Waals surface area contributed by atoms with Crippen LogP contribution in [0.5, 0.6) is 0 Å². The van der Waals surface area contributed by atoms with Gasteiger partial charge < -0.3 is 24.8 Å². The summed E-state index contributed by atoms with van der Waals surface area (Å²) in [5.74, 6) is 2.11. The van der Waals surface area contributed by atoms with E-state index < -0.39 is 0 Å². The van der Waals surface area contributed by atoms with Gasteiger partial charge in [-0.3, -0.25) is 6.08 Å². The fourth-order valence-corrected chi connectivity index (χ4v) is 4.64. The minimum Gasteiger partial charge on any atom is -1.00 e. The molecule has 30 heavy (non-hydrogen) atoms. The van der Waals surface area contributed by atoms with Crippen molar-refractivity contribution in [1.29, 1.82) is 0 Å². The van der Waals surface area contributed by atoms with Gasteiger partial charge in [0.1, 0.15) is 0 Å². The first-order chi connectivity index (χ1) is 13.0. The maximum absolute atomic E-state index is 3.36. The molecule has 0 bridgehead atoms. The van der Waals surface area contributed by atoms with Crippen LogP contribution in [0, 0.1) is 12.0 Å². The Morgan fingerprint density at radius 2 is 1.63 bits per heavy atom. The quantitative estimate of drug-likeness (QED) is 0.529. The first-order valence-electron chi connectivity index (χ1n) is 10.7. The van der Waals surface area contributed by atoms with Gasteiger partial charge in [0.2, 0.25) is 0 Å². The van der Waals surface area contributed by atoms with Gasteiger partial charge in [-0.05, 0) is 24.7 Å². The second-order valence-corrected chi connectivity index (χ2v) is 8.70. The number of allylic oxidation sites excluding steroid dienone is 4. The van der Waals surface area contributed by atoms with Crippen LogP contribution in [0.4, 0.5) is 0 Å². The fraction of sp³-hybridized carbons (Fsp3) is 0.444. The Labute approximate surface area is 214 Å². The van der Waals surface area contributed by atoms with Crippen LogP contribution in [0.1, 0.15) is 87.5 Å². The normalized spacial score (nSPS) is 21.8. The van der Waals surface area contributed by atoms with Gasteiger partial charge in [-0.2, -0.15) is 33.9 Å². The topological polar surface area (TPSA) is 0 Å². The first-order valence-corrected chi connectivity index (χ1v) is 10.7. The van der Waals surface area contributed by atoms with Crippen molar-refractivity contribution in [3.63, 3.8) is 0 Å². The Morgan fingerprint density at radius 1 is 0.967 bits per heavy atom. The van der Waals surface area contributed by atoms with Crippen molar-refractivity contribution >= 4 is 0 Å². The summed E-state index contributed by atoms with van der Waals surface area (Å²) in [6.07, 6.45) is 10.2. The van der Waals surface area contributed by atoms with Crippen molar-refractivity contribution in [2.75, 3.05) is 0 Å². The Balaban J connectivity index is 0.000000327. The standard InChI is InChI=1S/C18H19.C9H13.2ClH.Zr/c1-2-5-14(6-3-1)17-8-4-7-15-11-16(12-18(15)17)13-9-10-13;1-6-5-7(2)9(4)8(6)3;;;/h1-3,5-6,11-13,17H,4,7-10H2;6H,1-4H3;2*1H;/q2*-1;;;+4/p-2. The van der Waals surface area contributed by atoms with Crippen LogP contribution in [-0.4, -0.2) is 0 Å². The third-order valence-electron chi connectivity index (χ3n) is 6.84. The van der Waals surface area contributed by atoms with Gasteiger partial charge in [0, 0.05) is 0 Å². The van der Waals surface area contributed by atoms with E-state index in [1.165, 1.54) is 54.4 Å². The van der Waals surface area contributed by atoms with Gasteiger partial charge in [-0.15, -0.1) is 6.92 Å². The summed E-state index contributed by atoms with van der Waals surface area (Å²) >= 11 is 0. The molecule has 0 spiro atoms. The molecule has 3 aliphatic carbocycles. The van der Waals surface area contributed by atoms with E-state index in [9.17, 15) is 0 Å². The zero-order valence-corrected chi connectivity index (χ0v) is 22.5. The molecule has 0 N–H and O–H groups in total. The molecule has 158 valence electrons. The summed E-state index contributed by atoms with van der Waals surface area (Å²) in [6.45, 7) is 8.67. The van der Waals surface area contributed by atoms with E-state index >= 15 is 0 Å². The van der Waals surface area contributed by atoms with Gasteiger partial charge >= 0.3 is 26.2 Å². The minimum absolute atomic E-state index is 0. The molecule has 2 unspecified atom stereocenters. The molecule has 2 atom stereocenters. The SMILES string of the molecule is CC1=[C-]C(C)C(C)=C1C.[Cl-].[Cl-].[Zr+4].c1ccc(C2CCCc3[cH-]c(C4CC4)cc32)cc1. The second-order valence-electron chi connectivity index (χ2n) is 8.70. The third kappa shape index (κ3) is 6.06. The van der Waals surface area contributed by atoms with Crippen molar-refractivity contribution in [3.05, 3.63) is 87.5 Å². The Morgan fingerprint density at radius 3 is 2.13 bits per heavy atom. The largest absolute Gasteiger partial charge is 4.00 e. The molecule has 3 aliphatic rings. The van der Waals surface area contributed by atoms with Crippen molar-refractivity contribution in [3.8, 4) is 0 Å². The molecule has 1 saturated carbocycles. The summed E-state index contributed by atoms with van der Waals surface area (Å²) in [5, 5.41) is 0. The summed E-state index contributed by atoms with van der Waals surface area (Å²) in [6, 6.07) is 16.1. The monoisotopic (exact) mass is 516 g/mol. The third-order valence-corrected chi connectivity index (χ3v) is 6.84. The number of fused-ring (bicyclic) bond motifs is 1. The second kappa shape index (κ2) is 11.9. The molecule has 1 fully saturated rings. The minimum atomic E-state index is 0. The summed E-state index contributed by atoms with van der Waals surface area (Å²) < 4.78 is 0. The smallest absolute Gasteiger partial charge is 1.00 e. The molecular weight excluding hydrogens is 486 g/mol. The van der Waals surface area contributed by atoms with Crippen molar-refractivity contribution < 1.29 is 51.0 Å². The predicted molar refractivity (Wildman–Crippen MR) is 115 cm³/mol. The van der Waals surface area contributed by atoms with Gasteiger partial charge in [-0.25, -0.2) is 11.6 Å². The summed E-state index contributed by atoms with van der Waals surface area (Å²) in [5.41, 5.74) is 10.6. The van der Waals surface area contributed by atoms with Gasteiger partial charge in [0.25, 0.3) is 0 Å². The van der Waals surface area contributed by atoms with Crippen LogP contribution in [0.15, 0.2) is 59.2 Å². The van der Waals surface area contributed by atoms with Crippen molar-refractivity contribution in [2.45, 2.75) is 71.6 Å². The maximum atomic E-state index is 3.36. The van der Waals surface area contributed by atoms with Gasteiger partial charge in [-0.1, -0.05) is 81.8 Å². The molecule has 0 aliphatic heterocycles. The van der Waals surface area contributed by atoms with Gasteiger partial charge in [0.05, 0.1) is 0 Å². The maximum Gasteiger partial charge on any atom is 4.00 e. The van der Waals surface area contributed by atoms with Crippen LogP contribution < -0.4 is 24.8 Å². The number of hydrogen-bond acceptors (Lipinski definition) is 0. The summed E-state index contributed by atoms with van der Waals surface area (Å²) in [4.78, 5) is 0. The van der Waals surface area contributed by atoms with Crippen LogP contribution >= 0.6 is 0 Å². The molecule has 2 aromatic rings. The van der Waals surface area contributed by atoms with E-state index in [4.69, 9.17) is 0 Å². The molecular formula is C27H32Cl2Zr. The zero-order valence-electron chi connectivity index (χ0n) is 18.6. The fourth-order valence-electron chi connectivity index (χ4n) is 4.64. The van der Waals surface area contributed by atoms with E-state index in [2.05, 4.69) is 76.2 Å². The molecule has 0 heterocycles. The molecule has 5 rings (SSSR count). The number of rotatable bonds is 2. The van der Waals surface area contributed by atoms with Crippen molar-refractivity contribution in [1.82, 2.24) is 0 Å². The zero-order chi connectivity index (χ0) is 19.0. The van der Waals surface area contributed by atoms with Crippen molar-refractivity contribution in [2.24, 2.45) is 5.92 Å². The van der Waals surface area contributed by atoms with E-state index in [-0.39, 0.29) is 51.0 Å². The Hall–Kier alpha value is -0.487. The molecule has 0 nitrogen and oxygen atoms in total. The Bertz CT molecular complexity index is 872. The van der Waals surface area contributed by atoms with E-state index in [0.717, 1.165) is 5.92 Å². The van der Waals surface area contributed by atoms with E-state index in [1.54, 1.807) is 16.7 Å². The first kappa shape index (κ1) is 27.5. The molecule has 0 radical (unpaired) electrons. The average molecular weight is 519 g/mol. The molecule has 0 amide bonds. The van der Waals surface area contributed by atoms with Crippen LogP contribution in [-0.2, 0) is 32.6 Å². The average Bonchev–Trinajstić information content (AvgIpc) is 3.41. The molecule has 0 aromatic heterocycles. The van der Waals surface area contributed by atoms with Crippen LogP contribution in [0.2, 0.25) is 0 Å². The molecule has 3 heteroatoms.